The van der Waals surface area contributed by atoms with Gasteiger partial charge in [-0.05, 0) is 60.3 Å². The molecule has 220 valence electrons. The Morgan fingerprint density at radius 3 is 1.74 bits per heavy atom. The van der Waals surface area contributed by atoms with Crippen LogP contribution in [-0.2, 0) is 18.0 Å². The van der Waals surface area contributed by atoms with Crippen LogP contribution >= 0.6 is 0 Å². The van der Waals surface area contributed by atoms with Crippen molar-refractivity contribution in [3.05, 3.63) is 17.7 Å². The Bertz CT molecular complexity index is 1100. The van der Waals surface area contributed by atoms with Crippen LogP contribution in [0.4, 0.5) is 0 Å². The number of imidazole rings is 1. The normalized spacial score (nSPS) is 23.5. The van der Waals surface area contributed by atoms with E-state index in [4.69, 9.17) is 24.4 Å². The van der Waals surface area contributed by atoms with Crippen molar-refractivity contribution in [2.24, 2.45) is 0 Å². The Kier molecular flexibility index (Phi) is 9.75. The van der Waals surface area contributed by atoms with Crippen LogP contribution < -0.4 is 0 Å². The number of aromatic nitrogens is 2. The van der Waals surface area contributed by atoms with Gasteiger partial charge in [0.25, 0.3) is 0 Å². The average Bonchev–Trinajstić information content (AvgIpc) is 3.30. The molecule has 0 amide bonds. The summed E-state index contributed by atoms with van der Waals surface area (Å²) in [5.74, 6) is 2.66. The van der Waals surface area contributed by atoms with E-state index in [-0.39, 0.29) is 33.0 Å². The molecule has 0 saturated carbocycles. The van der Waals surface area contributed by atoms with E-state index in [0.717, 1.165) is 0 Å². The van der Waals surface area contributed by atoms with Gasteiger partial charge >= 0.3 is 0 Å². The van der Waals surface area contributed by atoms with Crippen LogP contribution in [-0.4, -0.2) is 59.4 Å². The highest BCUT2D eigenvalue weighted by molar-refractivity contribution is 6.75. The second-order valence-electron chi connectivity index (χ2n) is 15.4. The first kappa shape index (κ1) is 34.0. The zero-order chi connectivity index (χ0) is 30.4. The highest BCUT2D eigenvalue weighted by Gasteiger charge is 2.55. The van der Waals surface area contributed by atoms with Gasteiger partial charge < -0.3 is 18.0 Å². The number of nitriles is 1. The van der Waals surface area contributed by atoms with E-state index in [1.165, 1.54) is 0 Å². The second kappa shape index (κ2) is 11.2. The fraction of sp³-hybridized carbons (Fsp3) is 0.793. The van der Waals surface area contributed by atoms with Crippen LogP contribution in [0.15, 0.2) is 6.33 Å². The molecule has 4 atom stereocenters. The van der Waals surface area contributed by atoms with E-state index >= 15 is 0 Å². The molecule has 7 nitrogen and oxygen atoms in total. The molecule has 0 aromatic carbocycles. The fourth-order valence-electron chi connectivity index (χ4n) is 3.65. The number of hydrogen-bond donors (Lipinski definition) is 0. The lowest BCUT2D eigenvalue weighted by molar-refractivity contribution is -0.0491. The third kappa shape index (κ3) is 7.16. The standard InChI is InChI=1S/C29H53N3O4Si3/c1-17-22-21(18-30)31-20-32(22)26-25(36-39(15,16)29(8,9)10)24(35-38(13,14)28(5,6)7)23(34-26)19-33-37(11,12)27(2,3)4/h1,20,23-26H,19H2,2-16H3/t23-,24+,25-,26-/m0/s1. The molecule has 0 aliphatic carbocycles. The highest BCUT2D eigenvalue weighted by atomic mass is 28.4. The molecular formula is C29H53N3O4Si3. The minimum absolute atomic E-state index is 0.00952. The molecule has 1 aliphatic rings. The third-order valence-electron chi connectivity index (χ3n) is 9.48. The molecule has 1 fully saturated rings. The molecule has 1 aromatic rings. The monoisotopic (exact) mass is 591 g/mol. The van der Waals surface area contributed by atoms with Crippen LogP contribution in [0.2, 0.25) is 54.4 Å². The molecule has 1 aliphatic heterocycles. The summed E-state index contributed by atoms with van der Waals surface area (Å²) in [7, 11) is -6.60. The number of ether oxygens (including phenoxy) is 1. The van der Waals surface area contributed by atoms with Crippen LogP contribution in [0.1, 0.15) is 79.9 Å². The molecule has 0 spiro atoms. The summed E-state index contributed by atoms with van der Waals surface area (Å²) < 4.78 is 29.6. The van der Waals surface area contributed by atoms with Gasteiger partial charge in [0.2, 0.25) is 0 Å². The highest BCUT2D eigenvalue weighted by Crippen LogP contribution is 2.46. The molecule has 2 heterocycles. The van der Waals surface area contributed by atoms with E-state index in [1.807, 2.05) is 0 Å². The van der Waals surface area contributed by atoms with Gasteiger partial charge in [-0.25, -0.2) is 4.98 Å². The van der Waals surface area contributed by atoms with Gasteiger partial charge in [0.1, 0.15) is 30.1 Å². The van der Waals surface area contributed by atoms with E-state index < -0.39 is 37.3 Å². The minimum atomic E-state index is -2.28. The number of nitrogens with zero attached hydrogens (tertiary/aromatic N) is 3. The van der Waals surface area contributed by atoms with Gasteiger partial charge in [0.05, 0.1) is 12.9 Å². The molecule has 0 N–H and O–H groups in total. The van der Waals surface area contributed by atoms with Crippen molar-refractivity contribution in [1.82, 2.24) is 9.55 Å². The van der Waals surface area contributed by atoms with Crippen molar-refractivity contribution in [2.75, 3.05) is 6.61 Å². The molecule has 39 heavy (non-hydrogen) atoms. The quantitative estimate of drug-likeness (QED) is 0.231. The molecule has 10 heteroatoms. The van der Waals surface area contributed by atoms with Crippen LogP contribution in [0.3, 0.4) is 0 Å². The summed E-state index contributed by atoms with van der Waals surface area (Å²) >= 11 is 0. The molecule has 1 aromatic heterocycles. The average molecular weight is 592 g/mol. The van der Waals surface area contributed by atoms with Crippen molar-refractivity contribution < 1.29 is 18.0 Å². The predicted octanol–water partition coefficient (Wildman–Crippen LogP) is 7.44. The summed E-state index contributed by atoms with van der Waals surface area (Å²) in [6.45, 7) is 34.0. The van der Waals surface area contributed by atoms with Crippen LogP contribution in [0, 0.1) is 23.7 Å². The smallest absolute Gasteiger partial charge is 0.192 e. The van der Waals surface area contributed by atoms with E-state index in [1.54, 1.807) is 10.9 Å². The largest absolute Gasteiger partial charge is 0.414 e. The van der Waals surface area contributed by atoms with Gasteiger partial charge in [0.15, 0.2) is 36.9 Å². The first-order chi connectivity index (χ1) is 17.4. The zero-order valence-electron chi connectivity index (χ0n) is 27.1. The summed E-state index contributed by atoms with van der Waals surface area (Å²) in [6, 6.07) is 2.11. The molecule has 0 unspecified atom stereocenters. The molecular weight excluding hydrogens is 539 g/mol. The summed E-state index contributed by atoms with van der Waals surface area (Å²) in [5, 5.41) is 9.66. The lowest BCUT2D eigenvalue weighted by Crippen LogP contribution is -2.54. The van der Waals surface area contributed by atoms with Crippen LogP contribution in [0.25, 0.3) is 0 Å². The van der Waals surface area contributed by atoms with E-state index in [0.29, 0.717) is 12.3 Å². The molecule has 0 radical (unpaired) electrons. The zero-order valence-corrected chi connectivity index (χ0v) is 30.1. The molecule has 0 bridgehead atoms. The Hall–Kier alpha value is -1.25. The maximum atomic E-state index is 9.64. The summed E-state index contributed by atoms with van der Waals surface area (Å²) in [6.07, 6.45) is 5.70. The van der Waals surface area contributed by atoms with Crippen molar-refractivity contribution >= 4 is 25.0 Å². The number of terminal acetylenes is 1. The molecule has 2 rings (SSSR count). The van der Waals surface area contributed by atoms with Gasteiger partial charge in [0, 0.05) is 0 Å². The van der Waals surface area contributed by atoms with Crippen molar-refractivity contribution in [3.63, 3.8) is 0 Å². The fourth-order valence-corrected chi connectivity index (χ4v) is 7.27. The lowest BCUT2D eigenvalue weighted by Gasteiger charge is -2.44. The minimum Gasteiger partial charge on any atom is -0.414 e. The second-order valence-corrected chi connectivity index (χ2v) is 29.7. The maximum Gasteiger partial charge on any atom is 0.192 e. The van der Waals surface area contributed by atoms with E-state index in [9.17, 15) is 5.26 Å². The molecule has 1 saturated heterocycles. The first-order valence-corrected chi connectivity index (χ1v) is 22.7. The summed E-state index contributed by atoms with van der Waals surface area (Å²) in [5.41, 5.74) is 0.596. The van der Waals surface area contributed by atoms with Crippen molar-refractivity contribution in [1.29, 1.82) is 5.26 Å². The Morgan fingerprint density at radius 2 is 1.33 bits per heavy atom. The lowest BCUT2D eigenvalue weighted by atomic mass is 10.1. The van der Waals surface area contributed by atoms with Gasteiger partial charge in [-0.2, -0.15) is 5.26 Å². The van der Waals surface area contributed by atoms with Crippen molar-refractivity contribution in [2.45, 2.75) is 141 Å². The van der Waals surface area contributed by atoms with Gasteiger partial charge in [-0.15, -0.1) is 6.42 Å². The maximum absolute atomic E-state index is 9.64. The summed E-state index contributed by atoms with van der Waals surface area (Å²) in [4.78, 5) is 4.29. The first-order valence-electron chi connectivity index (χ1n) is 14.0. The number of hydrogen-bond acceptors (Lipinski definition) is 6. The van der Waals surface area contributed by atoms with Gasteiger partial charge in [-0.3, -0.25) is 4.57 Å². The topological polar surface area (TPSA) is 78.5 Å². The Morgan fingerprint density at radius 1 is 0.872 bits per heavy atom. The van der Waals surface area contributed by atoms with E-state index in [2.05, 4.69) is 119 Å². The Balaban J connectivity index is 2.68. The third-order valence-corrected chi connectivity index (χ3v) is 22.9. The van der Waals surface area contributed by atoms with Crippen LogP contribution in [0.5, 0.6) is 0 Å². The Labute approximate surface area is 241 Å². The van der Waals surface area contributed by atoms with Gasteiger partial charge in [-0.1, -0.05) is 62.3 Å². The SMILES string of the molecule is C#Cc1c(C#N)ncn1[C@H]1O[C@@H](CO[Si](C)(C)C(C)(C)C)[C@@H](O[Si](C)(C)C(C)(C)C)[C@@H]1O[Si](C)(C)C(C)(C)C. The van der Waals surface area contributed by atoms with Crippen molar-refractivity contribution in [3.8, 4) is 18.4 Å². The predicted molar refractivity (Wildman–Crippen MR) is 166 cm³/mol. The number of rotatable bonds is 8.